The summed E-state index contributed by atoms with van der Waals surface area (Å²) in [7, 11) is 0. The third-order valence-corrected chi connectivity index (χ3v) is 2.56. The zero-order valence-corrected chi connectivity index (χ0v) is 10.3. The van der Waals surface area contributed by atoms with Crippen molar-refractivity contribution in [2.24, 2.45) is 5.73 Å². The van der Waals surface area contributed by atoms with E-state index < -0.39 is 0 Å². The van der Waals surface area contributed by atoms with Crippen molar-refractivity contribution >= 4 is 28.8 Å². The Hall–Kier alpha value is -2.27. The molecule has 0 aliphatic heterocycles. The van der Waals surface area contributed by atoms with E-state index >= 15 is 0 Å². The van der Waals surface area contributed by atoms with Crippen LogP contribution in [0.2, 0.25) is 0 Å². The molecular weight excluding hydrogens is 246 g/mol. The van der Waals surface area contributed by atoms with Gasteiger partial charge in [0.2, 0.25) is 0 Å². The number of carbonyl (C=O) groups excluding carboxylic acids is 1. The molecule has 0 atom stereocenters. The molecular formula is C13H11N3OS. The molecule has 0 spiro atoms. The van der Waals surface area contributed by atoms with Crippen molar-refractivity contribution in [3.8, 4) is 0 Å². The number of pyridine rings is 1. The number of aromatic nitrogens is 1. The number of nitrogens with two attached hydrogens (primary N) is 1. The summed E-state index contributed by atoms with van der Waals surface area (Å²) < 4.78 is 0. The predicted octanol–water partition coefficient (Wildman–Crippen LogP) is 1.97. The van der Waals surface area contributed by atoms with Crippen LogP contribution in [-0.4, -0.2) is 15.9 Å². The number of para-hydroxylation sites is 1. The number of anilines is 1. The molecule has 0 saturated heterocycles. The van der Waals surface area contributed by atoms with Crippen molar-refractivity contribution in [1.29, 1.82) is 0 Å². The van der Waals surface area contributed by atoms with E-state index in [4.69, 9.17) is 18.0 Å². The fraction of sp³-hybridized carbons (Fsp3) is 0. The predicted molar refractivity (Wildman–Crippen MR) is 74.5 cm³/mol. The fourth-order valence-electron chi connectivity index (χ4n) is 1.49. The minimum Gasteiger partial charge on any atom is -0.389 e. The van der Waals surface area contributed by atoms with E-state index in [0.717, 1.165) is 0 Å². The number of amides is 1. The van der Waals surface area contributed by atoms with Gasteiger partial charge in [-0.25, -0.2) is 0 Å². The van der Waals surface area contributed by atoms with Crippen molar-refractivity contribution < 1.29 is 4.79 Å². The van der Waals surface area contributed by atoms with E-state index in [2.05, 4.69) is 10.3 Å². The van der Waals surface area contributed by atoms with Crippen molar-refractivity contribution in [3.05, 3.63) is 59.9 Å². The molecule has 2 aromatic rings. The molecule has 4 nitrogen and oxygen atoms in total. The van der Waals surface area contributed by atoms with E-state index in [1.807, 2.05) is 6.07 Å². The van der Waals surface area contributed by atoms with Crippen LogP contribution in [0.3, 0.4) is 0 Å². The lowest BCUT2D eigenvalue weighted by atomic mass is 10.1. The van der Waals surface area contributed by atoms with Crippen LogP contribution in [0.1, 0.15) is 16.1 Å². The normalized spacial score (nSPS) is 9.78. The fourth-order valence-corrected chi connectivity index (χ4v) is 1.67. The lowest BCUT2D eigenvalue weighted by Gasteiger charge is -2.09. The molecule has 0 unspecified atom stereocenters. The van der Waals surface area contributed by atoms with Gasteiger partial charge in [0.05, 0.1) is 5.69 Å². The molecule has 0 saturated carbocycles. The number of rotatable bonds is 3. The van der Waals surface area contributed by atoms with Crippen LogP contribution in [0.4, 0.5) is 5.69 Å². The van der Waals surface area contributed by atoms with Gasteiger partial charge in [-0.1, -0.05) is 30.4 Å². The summed E-state index contributed by atoms with van der Waals surface area (Å²) >= 11 is 4.93. The summed E-state index contributed by atoms with van der Waals surface area (Å²) in [4.78, 5) is 16.1. The Morgan fingerprint density at radius 3 is 2.56 bits per heavy atom. The molecule has 0 fully saturated rings. The van der Waals surface area contributed by atoms with Gasteiger partial charge in [0.25, 0.3) is 5.91 Å². The summed E-state index contributed by atoms with van der Waals surface area (Å²) in [5.74, 6) is -0.292. The van der Waals surface area contributed by atoms with Crippen molar-refractivity contribution in [3.63, 3.8) is 0 Å². The summed E-state index contributed by atoms with van der Waals surface area (Å²) in [5.41, 5.74) is 7.16. The van der Waals surface area contributed by atoms with Gasteiger partial charge in [-0.3, -0.25) is 9.78 Å². The van der Waals surface area contributed by atoms with Crippen molar-refractivity contribution in [2.45, 2.75) is 0 Å². The maximum absolute atomic E-state index is 11.9. The van der Waals surface area contributed by atoms with Crippen LogP contribution >= 0.6 is 12.2 Å². The van der Waals surface area contributed by atoms with Gasteiger partial charge >= 0.3 is 0 Å². The molecule has 1 aromatic carbocycles. The first kappa shape index (κ1) is 12.2. The van der Waals surface area contributed by atoms with Gasteiger partial charge in [0.1, 0.15) is 10.7 Å². The minimum absolute atomic E-state index is 0.243. The molecule has 2 rings (SSSR count). The quantitative estimate of drug-likeness (QED) is 0.825. The topological polar surface area (TPSA) is 68.0 Å². The van der Waals surface area contributed by atoms with Crippen LogP contribution in [0.5, 0.6) is 0 Å². The highest BCUT2D eigenvalue weighted by Gasteiger charge is 2.10. The van der Waals surface area contributed by atoms with Crippen molar-refractivity contribution in [1.82, 2.24) is 4.98 Å². The largest absolute Gasteiger partial charge is 0.389 e. The van der Waals surface area contributed by atoms with Crippen LogP contribution in [-0.2, 0) is 0 Å². The second-order valence-corrected chi connectivity index (χ2v) is 4.02. The number of nitrogens with one attached hydrogen (secondary N) is 1. The molecule has 0 aliphatic carbocycles. The molecule has 0 radical (unpaired) electrons. The van der Waals surface area contributed by atoms with E-state index in [1.165, 1.54) is 0 Å². The summed E-state index contributed by atoms with van der Waals surface area (Å²) in [6.07, 6.45) is 1.56. The summed E-state index contributed by atoms with van der Waals surface area (Å²) in [6.45, 7) is 0. The molecule has 5 heteroatoms. The van der Waals surface area contributed by atoms with Gasteiger partial charge in [0.15, 0.2) is 0 Å². The Morgan fingerprint density at radius 1 is 1.17 bits per heavy atom. The smallest absolute Gasteiger partial charge is 0.274 e. The van der Waals surface area contributed by atoms with Gasteiger partial charge in [-0.2, -0.15) is 0 Å². The average molecular weight is 257 g/mol. The van der Waals surface area contributed by atoms with Crippen LogP contribution in [0.15, 0.2) is 48.7 Å². The molecule has 3 N–H and O–H groups in total. The highest BCUT2D eigenvalue weighted by Crippen LogP contribution is 2.15. The number of nitrogens with zero attached hydrogens (tertiary/aromatic N) is 1. The first-order chi connectivity index (χ1) is 8.68. The lowest BCUT2D eigenvalue weighted by molar-refractivity contribution is 0.102. The zero-order chi connectivity index (χ0) is 13.0. The van der Waals surface area contributed by atoms with Crippen LogP contribution in [0.25, 0.3) is 0 Å². The van der Waals surface area contributed by atoms with E-state index in [0.29, 0.717) is 16.9 Å². The van der Waals surface area contributed by atoms with Crippen molar-refractivity contribution in [2.75, 3.05) is 5.32 Å². The number of hydrogen-bond acceptors (Lipinski definition) is 3. The molecule has 18 heavy (non-hydrogen) atoms. The Labute approximate surface area is 110 Å². The Kier molecular flexibility index (Phi) is 3.64. The Morgan fingerprint density at radius 2 is 1.89 bits per heavy atom. The molecule has 0 aliphatic rings. The monoisotopic (exact) mass is 257 g/mol. The first-order valence-corrected chi connectivity index (χ1v) is 5.70. The number of hydrogen-bond donors (Lipinski definition) is 2. The van der Waals surface area contributed by atoms with Gasteiger partial charge in [0, 0.05) is 11.8 Å². The third kappa shape index (κ3) is 2.70. The van der Waals surface area contributed by atoms with E-state index in [-0.39, 0.29) is 10.9 Å². The summed E-state index contributed by atoms with van der Waals surface area (Å²) in [6, 6.07) is 12.3. The molecule has 90 valence electrons. The highest BCUT2D eigenvalue weighted by molar-refractivity contribution is 7.80. The maximum Gasteiger partial charge on any atom is 0.274 e. The number of carbonyl (C=O) groups is 1. The molecule has 1 aromatic heterocycles. The highest BCUT2D eigenvalue weighted by atomic mass is 32.1. The zero-order valence-electron chi connectivity index (χ0n) is 9.46. The third-order valence-electron chi connectivity index (χ3n) is 2.34. The molecule has 0 bridgehead atoms. The summed E-state index contributed by atoms with van der Waals surface area (Å²) in [5, 5.41) is 2.74. The first-order valence-electron chi connectivity index (χ1n) is 5.29. The number of thiocarbonyl (C=S) groups is 1. The second-order valence-electron chi connectivity index (χ2n) is 3.58. The maximum atomic E-state index is 11.9. The minimum atomic E-state index is -0.292. The average Bonchev–Trinajstić information content (AvgIpc) is 2.40. The molecule has 1 amide bonds. The van der Waals surface area contributed by atoms with Gasteiger partial charge in [-0.05, 0) is 24.3 Å². The Bertz CT molecular complexity index is 584. The van der Waals surface area contributed by atoms with E-state index in [9.17, 15) is 4.79 Å². The lowest BCUT2D eigenvalue weighted by Crippen LogP contribution is -2.18. The second kappa shape index (κ2) is 5.37. The van der Waals surface area contributed by atoms with Crippen LogP contribution < -0.4 is 11.1 Å². The van der Waals surface area contributed by atoms with E-state index in [1.54, 1.807) is 42.6 Å². The van der Waals surface area contributed by atoms with Gasteiger partial charge in [-0.15, -0.1) is 0 Å². The van der Waals surface area contributed by atoms with Gasteiger partial charge < -0.3 is 11.1 Å². The number of benzene rings is 1. The molecule has 1 heterocycles. The Balaban J connectivity index is 2.25. The SMILES string of the molecule is NC(=S)c1ccccc1NC(=O)c1ccccn1. The standard InChI is InChI=1S/C13H11N3OS/c14-12(18)9-5-1-2-6-10(9)16-13(17)11-7-3-4-8-15-11/h1-8H,(H2,14,18)(H,16,17). The van der Waals surface area contributed by atoms with Crippen LogP contribution in [0, 0.1) is 0 Å².